The predicted molar refractivity (Wildman–Crippen MR) is 95.4 cm³/mol. The normalized spacial score (nSPS) is 14.3. The van der Waals surface area contributed by atoms with Crippen LogP contribution in [0.3, 0.4) is 0 Å². The molecule has 0 saturated heterocycles. The number of rotatable bonds is 4. The van der Waals surface area contributed by atoms with E-state index in [-0.39, 0.29) is 16.6 Å². The third-order valence-electron chi connectivity index (χ3n) is 4.84. The highest BCUT2D eigenvalue weighted by molar-refractivity contribution is 5.81. The molecule has 2 aromatic rings. The summed E-state index contributed by atoms with van der Waals surface area (Å²) in [5, 5.41) is 10.7. The van der Waals surface area contributed by atoms with Gasteiger partial charge in [-0.05, 0) is 29.0 Å². The molecule has 0 aliphatic heterocycles. The van der Waals surface area contributed by atoms with Crippen LogP contribution in [-0.4, -0.2) is 11.4 Å². The highest BCUT2D eigenvalue weighted by Gasteiger charge is 2.32. The summed E-state index contributed by atoms with van der Waals surface area (Å²) in [4.78, 5) is 11.5. The Hall–Kier alpha value is -2.09. The topological polar surface area (TPSA) is 37.3 Å². The van der Waals surface area contributed by atoms with Crippen LogP contribution in [0, 0.1) is 0 Å². The van der Waals surface area contributed by atoms with Crippen molar-refractivity contribution in [3.63, 3.8) is 0 Å². The van der Waals surface area contributed by atoms with Gasteiger partial charge in [0.2, 0.25) is 0 Å². The molecule has 2 rings (SSSR count). The molecule has 0 spiro atoms. The van der Waals surface area contributed by atoms with Crippen molar-refractivity contribution in [2.24, 2.45) is 0 Å². The van der Waals surface area contributed by atoms with Crippen LogP contribution in [0.1, 0.15) is 68.1 Å². The molecule has 0 aliphatic rings. The minimum absolute atomic E-state index is 0.0917. The average Bonchev–Trinajstić information content (AvgIpc) is 2.54. The minimum atomic E-state index is -0.343. The van der Waals surface area contributed by atoms with Crippen molar-refractivity contribution in [2.45, 2.75) is 51.9 Å². The van der Waals surface area contributed by atoms with Crippen molar-refractivity contribution < 1.29 is 9.90 Å². The molecular weight excluding hydrogens is 284 g/mol. The summed E-state index contributed by atoms with van der Waals surface area (Å²) < 4.78 is 0. The summed E-state index contributed by atoms with van der Waals surface area (Å²) in [5.41, 5.74) is 2.95. The van der Waals surface area contributed by atoms with Gasteiger partial charge in [0.25, 0.3) is 0 Å². The van der Waals surface area contributed by atoms with Gasteiger partial charge < -0.3 is 5.11 Å². The highest BCUT2D eigenvalue weighted by Crippen LogP contribution is 2.42. The molecule has 0 aliphatic carbocycles. The summed E-state index contributed by atoms with van der Waals surface area (Å²) in [5.74, 6) is 0.0983. The Morgan fingerprint density at radius 1 is 1.00 bits per heavy atom. The van der Waals surface area contributed by atoms with Crippen LogP contribution in [0.25, 0.3) is 0 Å². The summed E-state index contributed by atoms with van der Waals surface area (Å²) in [7, 11) is 0. The molecule has 0 fully saturated rings. The van der Waals surface area contributed by atoms with E-state index in [0.717, 1.165) is 29.4 Å². The fourth-order valence-electron chi connectivity index (χ4n) is 2.96. The molecule has 1 atom stereocenters. The van der Waals surface area contributed by atoms with Gasteiger partial charge in [-0.2, -0.15) is 0 Å². The first-order valence-electron chi connectivity index (χ1n) is 8.12. The number of carbonyl (C=O) groups excluding carboxylic acids is 1. The van der Waals surface area contributed by atoms with Crippen LogP contribution < -0.4 is 0 Å². The van der Waals surface area contributed by atoms with Crippen molar-refractivity contribution in [3.05, 3.63) is 64.7 Å². The molecular formula is C21H26O2. The Labute approximate surface area is 139 Å². The van der Waals surface area contributed by atoms with Gasteiger partial charge in [-0.15, -0.1) is 0 Å². The molecule has 2 nitrogen and oxygen atoms in total. The number of aldehydes is 1. The van der Waals surface area contributed by atoms with E-state index in [1.54, 1.807) is 6.07 Å². The number of carbonyl (C=O) groups is 1. The maximum atomic E-state index is 11.5. The van der Waals surface area contributed by atoms with Gasteiger partial charge in [0.1, 0.15) is 5.75 Å². The molecule has 0 aromatic heterocycles. The third-order valence-corrected chi connectivity index (χ3v) is 4.84. The molecule has 122 valence electrons. The Bertz CT molecular complexity index is 696. The van der Waals surface area contributed by atoms with E-state index in [2.05, 4.69) is 52.8 Å². The van der Waals surface area contributed by atoms with Gasteiger partial charge in [-0.25, -0.2) is 0 Å². The fourth-order valence-corrected chi connectivity index (χ4v) is 2.96. The Kier molecular flexibility index (Phi) is 4.65. The fraction of sp³-hybridized carbons (Fsp3) is 0.381. The second-order valence-electron chi connectivity index (χ2n) is 7.38. The van der Waals surface area contributed by atoms with Crippen LogP contribution in [-0.2, 0) is 10.8 Å². The van der Waals surface area contributed by atoms with E-state index in [0.29, 0.717) is 5.56 Å². The van der Waals surface area contributed by atoms with Crippen LogP contribution in [0.2, 0.25) is 0 Å². The molecule has 0 radical (unpaired) electrons. The maximum Gasteiger partial charge on any atom is 0.153 e. The summed E-state index contributed by atoms with van der Waals surface area (Å²) in [6.45, 7) is 10.6. The van der Waals surface area contributed by atoms with E-state index < -0.39 is 0 Å². The van der Waals surface area contributed by atoms with Crippen molar-refractivity contribution >= 4 is 6.29 Å². The first-order valence-corrected chi connectivity index (χ1v) is 8.12. The summed E-state index contributed by atoms with van der Waals surface area (Å²) in [6.07, 6.45) is 1.58. The predicted octanol–water partition coefficient (Wildman–Crippen LogP) is 5.22. The van der Waals surface area contributed by atoms with E-state index in [1.807, 2.05) is 18.2 Å². The van der Waals surface area contributed by atoms with Crippen LogP contribution in [0.15, 0.2) is 42.5 Å². The Morgan fingerprint density at radius 3 is 2.09 bits per heavy atom. The van der Waals surface area contributed by atoms with Crippen molar-refractivity contribution in [2.75, 3.05) is 0 Å². The van der Waals surface area contributed by atoms with Gasteiger partial charge in [-0.3, -0.25) is 4.79 Å². The Balaban J connectivity index is 2.76. The lowest BCUT2D eigenvalue weighted by Gasteiger charge is -2.32. The average molecular weight is 310 g/mol. The second-order valence-corrected chi connectivity index (χ2v) is 7.38. The highest BCUT2D eigenvalue weighted by atomic mass is 16.3. The second kappa shape index (κ2) is 6.19. The van der Waals surface area contributed by atoms with Gasteiger partial charge in [0.05, 0.1) is 5.56 Å². The molecule has 0 bridgehead atoms. The quantitative estimate of drug-likeness (QED) is 0.786. The first kappa shape index (κ1) is 17.3. The molecule has 1 N–H and O–H groups in total. The smallest absolute Gasteiger partial charge is 0.153 e. The monoisotopic (exact) mass is 310 g/mol. The zero-order chi connectivity index (χ0) is 17.3. The molecule has 23 heavy (non-hydrogen) atoms. The number of aromatic hydroxyl groups is 1. The van der Waals surface area contributed by atoms with E-state index in [4.69, 9.17) is 0 Å². The van der Waals surface area contributed by atoms with Gasteiger partial charge in [-0.1, -0.05) is 71.0 Å². The largest absolute Gasteiger partial charge is 0.507 e. The van der Waals surface area contributed by atoms with E-state index in [1.165, 1.54) is 0 Å². The SMILES string of the molecule is CCC(C)(c1ccccc1)c1cc(C(C)(C)C)cc(C=O)c1O. The van der Waals surface area contributed by atoms with Crippen molar-refractivity contribution in [3.8, 4) is 5.75 Å². The number of hydrogen-bond acceptors (Lipinski definition) is 2. The molecule has 0 saturated carbocycles. The molecule has 1 unspecified atom stereocenters. The van der Waals surface area contributed by atoms with Crippen molar-refractivity contribution in [1.29, 1.82) is 0 Å². The van der Waals surface area contributed by atoms with Gasteiger partial charge in [0.15, 0.2) is 6.29 Å². The molecule has 0 heterocycles. The lowest BCUT2D eigenvalue weighted by molar-refractivity contribution is 0.112. The van der Waals surface area contributed by atoms with E-state index in [9.17, 15) is 9.90 Å². The number of phenols is 1. The molecule has 0 amide bonds. The summed E-state index contributed by atoms with van der Waals surface area (Å²) >= 11 is 0. The van der Waals surface area contributed by atoms with Crippen LogP contribution in [0.4, 0.5) is 0 Å². The lowest BCUT2D eigenvalue weighted by atomic mass is 9.71. The standard InChI is InChI=1S/C21H26O2/c1-6-21(5,16-10-8-7-9-11-16)18-13-17(20(2,3)4)12-15(14-22)19(18)23/h7-14,23H,6H2,1-5H3. The molecule has 2 aromatic carbocycles. The van der Waals surface area contributed by atoms with Crippen molar-refractivity contribution in [1.82, 2.24) is 0 Å². The van der Waals surface area contributed by atoms with E-state index >= 15 is 0 Å². The third kappa shape index (κ3) is 3.17. The van der Waals surface area contributed by atoms with Crippen LogP contribution >= 0.6 is 0 Å². The number of phenolic OH excluding ortho intramolecular Hbond substituents is 1. The van der Waals surface area contributed by atoms with Gasteiger partial charge in [0, 0.05) is 11.0 Å². The Morgan fingerprint density at radius 2 is 1.61 bits per heavy atom. The van der Waals surface area contributed by atoms with Crippen LogP contribution in [0.5, 0.6) is 5.75 Å². The first-order chi connectivity index (χ1) is 10.7. The lowest BCUT2D eigenvalue weighted by Crippen LogP contribution is -2.24. The number of hydrogen-bond donors (Lipinski definition) is 1. The molecule has 2 heteroatoms. The van der Waals surface area contributed by atoms with Gasteiger partial charge >= 0.3 is 0 Å². The minimum Gasteiger partial charge on any atom is -0.507 e. The number of benzene rings is 2. The zero-order valence-corrected chi connectivity index (χ0v) is 14.7. The maximum absolute atomic E-state index is 11.5. The summed E-state index contributed by atoms with van der Waals surface area (Å²) in [6, 6.07) is 14.0. The zero-order valence-electron chi connectivity index (χ0n) is 14.7.